The first-order chi connectivity index (χ1) is 15.0. The molecule has 2 aliphatic rings. The van der Waals surface area contributed by atoms with E-state index in [0.717, 1.165) is 80.6 Å². The van der Waals surface area contributed by atoms with E-state index in [0.29, 0.717) is 17.9 Å². The van der Waals surface area contributed by atoms with E-state index < -0.39 is 0 Å². The summed E-state index contributed by atoms with van der Waals surface area (Å²) in [7, 11) is 2.19. The minimum atomic E-state index is -0.152. The van der Waals surface area contributed by atoms with Gasteiger partial charge in [0.25, 0.3) is 0 Å². The molecular formula is C25H39N5O. The maximum Gasteiger partial charge on any atom is 0.137 e. The molecule has 2 fully saturated rings. The molecule has 4 rings (SSSR count). The minimum Gasteiger partial charge on any atom is -0.393 e. The molecule has 0 radical (unpaired) electrons. The highest BCUT2D eigenvalue weighted by Crippen LogP contribution is 2.37. The van der Waals surface area contributed by atoms with Gasteiger partial charge in [-0.25, -0.2) is 15.0 Å². The van der Waals surface area contributed by atoms with Gasteiger partial charge in [0, 0.05) is 30.4 Å². The van der Waals surface area contributed by atoms with Crippen LogP contribution in [0.3, 0.4) is 0 Å². The van der Waals surface area contributed by atoms with E-state index >= 15 is 0 Å². The Morgan fingerprint density at radius 2 is 1.84 bits per heavy atom. The van der Waals surface area contributed by atoms with Gasteiger partial charge in [-0.1, -0.05) is 26.7 Å². The quantitative estimate of drug-likeness (QED) is 0.679. The molecule has 0 amide bonds. The van der Waals surface area contributed by atoms with Gasteiger partial charge in [-0.05, 0) is 70.5 Å². The SMILES string of the molecule is CCCC(C)Cc1ncc2c(NC3CCN(C)CC3)ncc(C3CCC(O)CC3)c2n1. The van der Waals surface area contributed by atoms with Crippen molar-refractivity contribution < 1.29 is 5.11 Å². The predicted molar refractivity (Wildman–Crippen MR) is 126 cm³/mol. The lowest BCUT2D eigenvalue weighted by Crippen LogP contribution is -2.37. The molecule has 1 saturated heterocycles. The summed E-state index contributed by atoms with van der Waals surface area (Å²) in [5, 5.41) is 14.7. The van der Waals surface area contributed by atoms with Crippen LogP contribution in [-0.4, -0.2) is 57.2 Å². The Bertz CT molecular complexity index is 856. The second-order valence-electron chi connectivity index (χ2n) is 9.94. The Kier molecular flexibility index (Phi) is 7.39. The number of nitrogens with zero attached hydrogens (tertiary/aromatic N) is 4. The predicted octanol–water partition coefficient (Wildman–Crippen LogP) is 4.53. The van der Waals surface area contributed by atoms with Crippen molar-refractivity contribution in [1.82, 2.24) is 19.9 Å². The van der Waals surface area contributed by atoms with Crippen LogP contribution < -0.4 is 5.32 Å². The largest absolute Gasteiger partial charge is 0.393 e. The van der Waals surface area contributed by atoms with E-state index in [1.807, 2.05) is 12.4 Å². The fourth-order valence-corrected chi connectivity index (χ4v) is 5.23. The van der Waals surface area contributed by atoms with Crippen molar-refractivity contribution in [2.75, 3.05) is 25.5 Å². The van der Waals surface area contributed by atoms with Crippen LogP contribution >= 0.6 is 0 Å². The molecule has 1 atom stereocenters. The lowest BCUT2D eigenvalue weighted by Gasteiger charge is -2.30. The Morgan fingerprint density at radius 1 is 1.10 bits per heavy atom. The first-order valence-corrected chi connectivity index (χ1v) is 12.3. The number of nitrogens with one attached hydrogen (secondary N) is 1. The van der Waals surface area contributed by atoms with Crippen LogP contribution in [-0.2, 0) is 6.42 Å². The number of anilines is 1. The molecule has 1 aliphatic carbocycles. The second kappa shape index (κ2) is 10.2. The summed E-state index contributed by atoms with van der Waals surface area (Å²) in [6.07, 6.45) is 13.2. The van der Waals surface area contributed by atoms with Crippen LogP contribution in [0.2, 0.25) is 0 Å². The molecule has 2 aromatic rings. The molecule has 1 saturated carbocycles. The summed E-state index contributed by atoms with van der Waals surface area (Å²) in [5.74, 6) is 2.89. The molecule has 0 aromatic carbocycles. The van der Waals surface area contributed by atoms with Crippen LogP contribution in [0.5, 0.6) is 0 Å². The summed E-state index contributed by atoms with van der Waals surface area (Å²) in [6, 6.07) is 0.451. The molecule has 2 aromatic heterocycles. The lowest BCUT2D eigenvalue weighted by molar-refractivity contribution is 0.122. The highest BCUT2D eigenvalue weighted by Gasteiger charge is 2.25. The van der Waals surface area contributed by atoms with Gasteiger partial charge < -0.3 is 15.3 Å². The molecular weight excluding hydrogens is 386 g/mol. The highest BCUT2D eigenvalue weighted by atomic mass is 16.3. The lowest BCUT2D eigenvalue weighted by atomic mass is 9.82. The maximum absolute atomic E-state index is 9.97. The molecule has 2 N–H and O–H groups in total. The number of hydrogen-bond acceptors (Lipinski definition) is 6. The molecule has 1 aliphatic heterocycles. The maximum atomic E-state index is 9.97. The average Bonchev–Trinajstić information content (AvgIpc) is 2.76. The van der Waals surface area contributed by atoms with Gasteiger partial charge in [0.15, 0.2) is 0 Å². The molecule has 3 heterocycles. The van der Waals surface area contributed by atoms with Crippen LogP contribution in [0.15, 0.2) is 12.4 Å². The van der Waals surface area contributed by atoms with Crippen molar-refractivity contribution in [1.29, 1.82) is 0 Å². The van der Waals surface area contributed by atoms with E-state index in [1.165, 1.54) is 18.4 Å². The van der Waals surface area contributed by atoms with E-state index in [4.69, 9.17) is 15.0 Å². The van der Waals surface area contributed by atoms with Gasteiger partial charge in [-0.15, -0.1) is 0 Å². The fourth-order valence-electron chi connectivity index (χ4n) is 5.23. The number of piperidine rings is 1. The molecule has 0 bridgehead atoms. The highest BCUT2D eigenvalue weighted by molar-refractivity contribution is 5.91. The standard InChI is InChI=1S/C25H39N5O/c1-4-5-17(2)14-23-26-16-22-24(29-23)21(18-6-8-20(31)9-7-18)15-27-25(22)28-19-10-12-30(3)13-11-19/h15-20,31H,4-14H2,1-3H3,(H,27,28). The summed E-state index contributed by atoms with van der Waals surface area (Å²) < 4.78 is 0. The van der Waals surface area contributed by atoms with Crippen molar-refractivity contribution in [3.8, 4) is 0 Å². The smallest absolute Gasteiger partial charge is 0.137 e. The zero-order valence-corrected chi connectivity index (χ0v) is 19.5. The number of aromatic nitrogens is 3. The zero-order chi connectivity index (χ0) is 21.8. The third-order valence-electron chi connectivity index (χ3n) is 7.21. The first kappa shape index (κ1) is 22.4. The van der Waals surface area contributed by atoms with Crippen LogP contribution in [0.4, 0.5) is 5.82 Å². The van der Waals surface area contributed by atoms with Crippen molar-refractivity contribution in [2.24, 2.45) is 5.92 Å². The zero-order valence-electron chi connectivity index (χ0n) is 19.5. The van der Waals surface area contributed by atoms with Gasteiger partial charge in [-0.3, -0.25) is 0 Å². The van der Waals surface area contributed by atoms with Crippen molar-refractivity contribution >= 4 is 16.7 Å². The van der Waals surface area contributed by atoms with Crippen LogP contribution in [0.1, 0.15) is 82.5 Å². The monoisotopic (exact) mass is 425 g/mol. The van der Waals surface area contributed by atoms with E-state index in [9.17, 15) is 5.11 Å². The van der Waals surface area contributed by atoms with Crippen molar-refractivity contribution in [2.45, 2.75) is 89.7 Å². The number of fused-ring (bicyclic) bond motifs is 1. The van der Waals surface area contributed by atoms with Gasteiger partial charge in [0.1, 0.15) is 11.6 Å². The molecule has 31 heavy (non-hydrogen) atoms. The first-order valence-electron chi connectivity index (χ1n) is 12.3. The topological polar surface area (TPSA) is 74.2 Å². The van der Waals surface area contributed by atoms with Gasteiger partial charge >= 0.3 is 0 Å². The van der Waals surface area contributed by atoms with Gasteiger partial charge in [0.05, 0.1) is 17.0 Å². The van der Waals surface area contributed by atoms with Gasteiger partial charge in [0.2, 0.25) is 0 Å². The second-order valence-corrected chi connectivity index (χ2v) is 9.94. The Labute approximate surface area is 186 Å². The van der Waals surface area contributed by atoms with E-state index in [1.54, 1.807) is 0 Å². The molecule has 6 nitrogen and oxygen atoms in total. The number of pyridine rings is 1. The number of hydrogen-bond donors (Lipinski definition) is 2. The Morgan fingerprint density at radius 3 is 2.55 bits per heavy atom. The summed E-state index contributed by atoms with van der Waals surface area (Å²) in [4.78, 5) is 17.1. The fraction of sp³-hybridized carbons (Fsp3) is 0.720. The Balaban J connectivity index is 1.65. The molecule has 170 valence electrons. The average molecular weight is 426 g/mol. The Hall–Kier alpha value is -1.79. The minimum absolute atomic E-state index is 0.152. The number of likely N-dealkylation sites (tertiary alicyclic amines) is 1. The van der Waals surface area contributed by atoms with Crippen molar-refractivity contribution in [3.05, 3.63) is 23.8 Å². The van der Waals surface area contributed by atoms with Crippen LogP contribution in [0, 0.1) is 5.92 Å². The normalized spacial score (nSPS) is 24.4. The van der Waals surface area contributed by atoms with Gasteiger partial charge in [-0.2, -0.15) is 0 Å². The number of aliphatic hydroxyl groups is 1. The summed E-state index contributed by atoms with van der Waals surface area (Å²) >= 11 is 0. The summed E-state index contributed by atoms with van der Waals surface area (Å²) in [5.41, 5.74) is 2.31. The van der Waals surface area contributed by atoms with E-state index in [-0.39, 0.29) is 6.10 Å². The van der Waals surface area contributed by atoms with Crippen LogP contribution in [0.25, 0.3) is 10.9 Å². The van der Waals surface area contributed by atoms with E-state index in [2.05, 4.69) is 31.1 Å². The summed E-state index contributed by atoms with van der Waals surface area (Å²) in [6.45, 7) is 6.77. The molecule has 0 spiro atoms. The number of aliphatic hydroxyl groups excluding tert-OH is 1. The molecule has 1 unspecified atom stereocenters. The third kappa shape index (κ3) is 5.53. The third-order valence-corrected chi connectivity index (χ3v) is 7.21. The molecule has 6 heteroatoms. The number of rotatable bonds is 7. The van der Waals surface area contributed by atoms with Crippen molar-refractivity contribution in [3.63, 3.8) is 0 Å².